The maximum Gasteiger partial charge on any atom is 0.416 e. The number of rotatable bonds is 8. The first-order valence-corrected chi connectivity index (χ1v) is 14.2. The van der Waals surface area contributed by atoms with Crippen molar-refractivity contribution in [3.05, 3.63) is 68.3 Å². The number of unbranched alkanes of at least 4 members (excludes halogenated alkanes) is 1. The van der Waals surface area contributed by atoms with Gasteiger partial charge in [0.15, 0.2) is 0 Å². The number of aryl methyl sites for hydroxylation is 1. The van der Waals surface area contributed by atoms with Crippen molar-refractivity contribution in [3.8, 4) is 0 Å². The monoisotopic (exact) mass is 672 g/mol. The smallest absolute Gasteiger partial charge is 0.416 e. The van der Waals surface area contributed by atoms with Crippen LogP contribution in [0.15, 0.2) is 42.5 Å². The summed E-state index contributed by atoms with van der Waals surface area (Å²) in [5.41, 5.74) is 6.37. The van der Waals surface area contributed by atoms with E-state index in [1.54, 1.807) is 11.8 Å². The molecular formula is C28H32F3IN4O4. The topological polar surface area (TPSA) is 96.2 Å². The highest BCUT2D eigenvalue weighted by atomic mass is 127. The van der Waals surface area contributed by atoms with Gasteiger partial charge in [-0.05, 0) is 90.7 Å². The lowest BCUT2D eigenvalue weighted by molar-refractivity contribution is -0.169. The molecular weight excluding hydrogens is 640 g/mol. The zero-order chi connectivity index (χ0) is 29.0. The molecule has 2 aliphatic heterocycles. The fourth-order valence-electron chi connectivity index (χ4n) is 5.29. The standard InChI is InChI=1S/C28H32F3IN4O4/c1-18-11-20(13-21(12-18)28(29,30)31)17-40-27(39)35-10-8-25(37)36-23(7-2-3-9-33)26(38)34(16-24(35)36)15-19-5-4-6-22(32)14-19/h4-6,11-14,23-24H,2-3,7-10,15-17,33H2,1H3/t23-,24+/m0/s1. The lowest BCUT2D eigenvalue weighted by atomic mass is 9.98. The van der Waals surface area contributed by atoms with Crippen molar-refractivity contribution in [2.24, 2.45) is 5.73 Å². The Morgan fingerprint density at radius 2 is 1.90 bits per heavy atom. The van der Waals surface area contributed by atoms with Crippen molar-refractivity contribution < 1.29 is 32.3 Å². The Labute approximate surface area is 244 Å². The van der Waals surface area contributed by atoms with E-state index < -0.39 is 30.0 Å². The van der Waals surface area contributed by atoms with Crippen LogP contribution in [0.3, 0.4) is 0 Å². The maximum atomic E-state index is 13.6. The van der Waals surface area contributed by atoms with Gasteiger partial charge in [0, 0.05) is 23.1 Å². The number of piperazine rings is 1. The fourth-order valence-corrected chi connectivity index (χ4v) is 5.90. The number of hydrogen-bond acceptors (Lipinski definition) is 5. The molecule has 2 aromatic rings. The van der Waals surface area contributed by atoms with Crippen LogP contribution >= 0.6 is 22.6 Å². The Balaban J connectivity index is 1.56. The van der Waals surface area contributed by atoms with Gasteiger partial charge in [-0.3, -0.25) is 14.5 Å². The summed E-state index contributed by atoms with van der Waals surface area (Å²) in [6.45, 7) is 2.14. The predicted molar refractivity (Wildman–Crippen MR) is 150 cm³/mol. The third-order valence-corrected chi connectivity index (χ3v) is 7.78. The summed E-state index contributed by atoms with van der Waals surface area (Å²) in [5.74, 6) is -0.405. The molecule has 0 spiro atoms. The van der Waals surface area contributed by atoms with Gasteiger partial charge in [0.25, 0.3) is 0 Å². The molecule has 0 aliphatic carbocycles. The molecule has 2 N–H and O–H groups in total. The van der Waals surface area contributed by atoms with E-state index in [1.165, 1.54) is 15.9 Å². The molecule has 3 amide bonds. The van der Waals surface area contributed by atoms with Gasteiger partial charge in [-0.1, -0.05) is 23.8 Å². The minimum Gasteiger partial charge on any atom is -0.444 e. The Kier molecular flexibility index (Phi) is 9.60. The van der Waals surface area contributed by atoms with Crippen molar-refractivity contribution in [2.75, 3.05) is 19.6 Å². The van der Waals surface area contributed by atoms with E-state index in [-0.39, 0.29) is 43.5 Å². The third kappa shape index (κ3) is 7.06. The fraction of sp³-hybridized carbons (Fsp3) is 0.464. The van der Waals surface area contributed by atoms with E-state index in [4.69, 9.17) is 10.5 Å². The Hall–Kier alpha value is -2.87. The lowest BCUT2D eigenvalue weighted by Crippen LogP contribution is -2.71. The first kappa shape index (κ1) is 30.1. The van der Waals surface area contributed by atoms with E-state index in [9.17, 15) is 27.6 Å². The maximum absolute atomic E-state index is 13.6. The van der Waals surface area contributed by atoms with Crippen molar-refractivity contribution >= 4 is 40.5 Å². The molecule has 4 rings (SSSR count). The van der Waals surface area contributed by atoms with Gasteiger partial charge in [-0.15, -0.1) is 0 Å². The molecule has 2 saturated heterocycles. The number of alkyl halides is 3. The average molecular weight is 672 g/mol. The summed E-state index contributed by atoms with van der Waals surface area (Å²) in [5, 5.41) is 0. The summed E-state index contributed by atoms with van der Waals surface area (Å²) >= 11 is 2.20. The molecule has 2 fully saturated rings. The van der Waals surface area contributed by atoms with Gasteiger partial charge < -0.3 is 20.3 Å². The number of hydrogen-bond donors (Lipinski definition) is 1. The van der Waals surface area contributed by atoms with Crippen LogP contribution in [-0.4, -0.2) is 64.4 Å². The van der Waals surface area contributed by atoms with Crippen LogP contribution in [-0.2, 0) is 33.7 Å². The second-order valence-electron chi connectivity index (χ2n) is 10.1. The van der Waals surface area contributed by atoms with E-state index in [1.807, 2.05) is 24.3 Å². The van der Waals surface area contributed by atoms with E-state index in [2.05, 4.69) is 22.6 Å². The van der Waals surface area contributed by atoms with Crippen molar-refractivity contribution in [2.45, 2.75) is 64.1 Å². The van der Waals surface area contributed by atoms with E-state index in [0.29, 0.717) is 37.9 Å². The molecule has 40 heavy (non-hydrogen) atoms. The highest BCUT2D eigenvalue weighted by Gasteiger charge is 2.48. The number of ether oxygens (including phenoxy) is 1. The van der Waals surface area contributed by atoms with Gasteiger partial charge >= 0.3 is 12.3 Å². The normalized spacial score (nSPS) is 19.6. The highest BCUT2D eigenvalue weighted by molar-refractivity contribution is 14.1. The molecule has 12 heteroatoms. The first-order valence-electron chi connectivity index (χ1n) is 13.1. The number of fused-ring (bicyclic) bond motifs is 1. The van der Waals surface area contributed by atoms with E-state index in [0.717, 1.165) is 21.3 Å². The summed E-state index contributed by atoms with van der Waals surface area (Å²) in [4.78, 5) is 44.5. The van der Waals surface area contributed by atoms with Crippen molar-refractivity contribution in [1.82, 2.24) is 14.7 Å². The third-order valence-electron chi connectivity index (χ3n) is 7.11. The number of carbonyl (C=O) groups is 3. The van der Waals surface area contributed by atoms with E-state index >= 15 is 0 Å². The van der Waals surface area contributed by atoms with Crippen LogP contribution in [0.25, 0.3) is 0 Å². The van der Waals surface area contributed by atoms with Gasteiger partial charge in [-0.2, -0.15) is 13.2 Å². The van der Waals surface area contributed by atoms with Crippen LogP contribution in [0.1, 0.15) is 47.9 Å². The predicted octanol–water partition coefficient (Wildman–Crippen LogP) is 4.66. The Morgan fingerprint density at radius 1 is 1.12 bits per heavy atom. The van der Waals surface area contributed by atoms with Crippen LogP contribution < -0.4 is 5.73 Å². The minimum absolute atomic E-state index is 0.0197. The molecule has 2 aliphatic rings. The molecule has 2 atom stereocenters. The van der Waals surface area contributed by atoms with Gasteiger partial charge in [0.1, 0.15) is 18.8 Å². The second-order valence-corrected chi connectivity index (χ2v) is 11.4. The molecule has 0 radical (unpaired) electrons. The molecule has 8 nitrogen and oxygen atoms in total. The summed E-state index contributed by atoms with van der Waals surface area (Å²) in [6, 6.07) is 10.5. The number of nitrogens with two attached hydrogens (primary N) is 1. The van der Waals surface area contributed by atoms with Crippen LogP contribution in [0.2, 0.25) is 0 Å². The number of amides is 3. The number of carbonyl (C=O) groups excluding carboxylic acids is 3. The summed E-state index contributed by atoms with van der Waals surface area (Å²) < 4.78 is 46.3. The molecule has 0 unspecified atom stereocenters. The molecule has 2 aromatic carbocycles. The largest absolute Gasteiger partial charge is 0.444 e. The molecule has 2 heterocycles. The minimum atomic E-state index is -4.52. The number of benzene rings is 2. The van der Waals surface area contributed by atoms with Crippen LogP contribution in [0.4, 0.5) is 18.0 Å². The molecule has 216 valence electrons. The Morgan fingerprint density at radius 3 is 2.60 bits per heavy atom. The SMILES string of the molecule is Cc1cc(COC(=O)N2CCC(=O)N3[C@@H]2CN(Cc2cccc(I)c2)C(=O)[C@@H]3CCCCN)cc(C(F)(F)F)c1. The first-order chi connectivity index (χ1) is 19.0. The Bertz CT molecular complexity index is 1260. The van der Waals surface area contributed by atoms with Crippen molar-refractivity contribution in [3.63, 3.8) is 0 Å². The average Bonchev–Trinajstić information content (AvgIpc) is 2.89. The van der Waals surface area contributed by atoms with Crippen LogP contribution in [0, 0.1) is 10.5 Å². The van der Waals surface area contributed by atoms with Gasteiger partial charge in [0.2, 0.25) is 11.8 Å². The zero-order valence-electron chi connectivity index (χ0n) is 22.1. The lowest BCUT2D eigenvalue weighted by Gasteiger charge is -2.52. The zero-order valence-corrected chi connectivity index (χ0v) is 24.3. The summed E-state index contributed by atoms with van der Waals surface area (Å²) in [6.07, 6.45) is -4.26. The highest BCUT2D eigenvalue weighted by Crippen LogP contribution is 2.32. The quantitative estimate of drug-likeness (QED) is 0.326. The van der Waals surface area contributed by atoms with Gasteiger partial charge in [-0.25, -0.2) is 4.79 Å². The van der Waals surface area contributed by atoms with Crippen molar-refractivity contribution in [1.29, 1.82) is 0 Å². The second kappa shape index (κ2) is 12.8. The number of halogens is 4. The van der Waals surface area contributed by atoms with Crippen LogP contribution in [0.5, 0.6) is 0 Å². The summed E-state index contributed by atoms with van der Waals surface area (Å²) in [7, 11) is 0. The van der Waals surface area contributed by atoms with Gasteiger partial charge in [0.05, 0.1) is 12.1 Å². The molecule has 0 aromatic heterocycles. The molecule has 0 saturated carbocycles. The molecule has 0 bridgehead atoms. The number of nitrogens with zero attached hydrogens (tertiary/aromatic N) is 3.